The van der Waals surface area contributed by atoms with Crippen LogP contribution in [0.2, 0.25) is 0 Å². The van der Waals surface area contributed by atoms with Crippen molar-refractivity contribution in [3.8, 4) is 0 Å². The van der Waals surface area contributed by atoms with Gasteiger partial charge in [-0.1, -0.05) is 120 Å². The first-order valence-corrected chi connectivity index (χ1v) is 13.4. The van der Waals surface area contributed by atoms with Crippen molar-refractivity contribution in [1.82, 2.24) is 0 Å². The van der Waals surface area contributed by atoms with Gasteiger partial charge in [-0.05, 0) is 43.6 Å². The highest BCUT2D eigenvalue weighted by Gasteiger charge is 2.35. The Hall–Kier alpha value is -1.18. The summed E-state index contributed by atoms with van der Waals surface area (Å²) < 4.78 is 11.9. The lowest BCUT2D eigenvalue weighted by molar-refractivity contribution is -0.137. The third-order valence-electron chi connectivity index (χ3n) is 5.28. The van der Waals surface area contributed by atoms with E-state index in [2.05, 4.69) is 53.3 Å². The molecule has 192 valence electrons. The molecule has 0 spiro atoms. The minimum atomic E-state index is -0.460. The molecule has 1 saturated carbocycles. The largest absolute Gasteiger partial charge is 0.456 e. The van der Waals surface area contributed by atoms with Gasteiger partial charge in [0.15, 0.2) is 5.76 Å². The van der Waals surface area contributed by atoms with Gasteiger partial charge in [-0.2, -0.15) is 0 Å². The van der Waals surface area contributed by atoms with Crippen LogP contribution in [0.15, 0.2) is 36.3 Å². The van der Waals surface area contributed by atoms with Crippen molar-refractivity contribution in [1.29, 1.82) is 0 Å². The molecular weight excluding hydrogens is 392 g/mol. The molecule has 1 heterocycles. The van der Waals surface area contributed by atoms with Crippen molar-refractivity contribution in [3.05, 3.63) is 36.3 Å². The van der Waals surface area contributed by atoms with Crippen LogP contribution in [0, 0.1) is 5.92 Å². The van der Waals surface area contributed by atoms with Crippen molar-refractivity contribution >= 4 is 0 Å². The minimum absolute atomic E-state index is 0. The van der Waals surface area contributed by atoms with E-state index in [1.165, 1.54) is 70.6 Å². The minimum Gasteiger partial charge on any atom is -0.456 e. The normalized spacial score (nSPS) is 19.8. The summed E-state index contributed by atoms with van der Waals surface area (Å²) in [5.41, 5.74) is 1.16. The van der Waals surface area contributed by atoms with E-state index >= 15 is 0 Å². The smallest absolute Gasteiger partial charge is 0.248 e. The van der Waals surface area contributed by atoms with Crippen molar-refractivity contribution in [3.63, 3.8) is 0 Å². The zero-order valence-electron chi connectivity index (χ0n) is 22.5. The number of unbranched alkanes of at least 4 members (excludes halogenated alkanes) is 2. The molecule has 32 heavy (non-hydrogen) atoms. The Bertz CT molecular complexity index is 449. The molecule has 2 rings (SSSR count). The number of rotatable bonds is 8. The molecule has 2 nitrogen and oxygen atoms in total. The lowest BCUT2D eigenvalue weighted by Gasteiger charge is -2.25. The van der Waals surface area contributed by atoms with Crippen LogP contribution < -0.4 is 0 Å². The topological polar surface area (TPSA) is 18.5 Å². The summed E-state index contributed by atoms with van der Waals surface area (Å²) in [5.74, 6) is 1.03. The first kappa shape index (κ1) is 35.4. The third-order valence-corrected chi connectivity index (χ3v) is 5.28. The zero-order chi connectivity index (χ0) is 24.0. The van der Waals surface area contributed by atoms with E-state index in [1.807, 2.05) is 20.8 Å². The van der Waals surface area contributed by atoms with Crippen molar-refractivity contribution in [2.45, 2.75) is 152 Å². The molecule has 2 heteroatoms. The summed E-state index contributed by atoms with van der Waals surface area (Å²) in [5, 5.41) is 0. The van der Waals surface area contributed by atoms with Crippen LogP contribution in [0.1, 0.15) is 146 Å². The second kappa shape index (κ2) is 24.5. The number of ether oxygens (including phenoxy) is 2. The average molecular weight is 453 g/mol. The van der Waals surface area contributed by atoms with Gasteiger partial charge < -0.3 is 9.47 Å². The fourth-order valence-electron chi connectivity index (χ4n) is 3.57. The summed E-state index contributed by atoms with van der Waals surface area (Å²) in [7, 11) is 0. The molecule has 1 unspecified atom stereocenters. The summed E-state index contributed by atoms with van der Waals surface area (Å²) in [6, 6.07) is 0. The van der Waals surface area contributed by atoms with Crippen LogP contribution in [0.5, 0.6) is 0 Å². The van der Waals surface area contributed by atoms with Crippen molar-refractivity contribution in [2.24, 2.45) is 5.92 Å². The van der Waals surface area contributed by atoms with E-state index in [0.29, 0.717) is 5.92 Å². The molecule has 0 aromatic carbocycles. The van der Waals surface area contributed by atoms with Crippen LogP contribution >= 0.6 is 0 Å². The molecule has 0 bridgehead atoms. The third kappa shape index (κ3) is 17.4. The molecule has 1 atom stereocenters. The number of allylic oxidation sites excluding steroid dienone is 3. The van der Waals surface area contributed by atoms with E-state index in [4.69, 9.17) is 9.47 Å². The predicted octanol–water partition coefficient (Wildman–Crippen LogP) is 11.1. The van der Waals surface area contributed by atoms with Gasteiger partial charge in [0.25, 0.3) is 0 Å². The van der Waals surface area contributed by atoms with E-state index in [1.54, 1.807) is 6.26 Å². The molecule has 0 radical (unpaired) electrons. The molecule has 0 saturated heterocycles. The van der Waals surface area contributed by atoms with Crippen molar-refractivity contribution in [2.75, 3.05) is 0 Å². The molecule has 1 fully saturated rings. The summed E-state index contributed by atoms with van der Waals surface area (Å²) in [6.45, 7) is 21.1. The molecule has 2 aliphatic rings. The van der Waals surface area contributed by atoms with Crippen LogP contribution in [0.3, 0.4) is 0 Å². The Morgan fingerprint density at radius 3 is 1.91 bits per heavy atom. The molecule has 0 aromatic heterocycles. The van der Waals surface area contributed by atoms with Gasteiger partial charge >= 0.3 is 0 Å². The standard InChI is InChI=1S/C18H30O2.C6H12.C3H8.C2H6.CH4/c1-4-5-10-13-18(3)19-14-17(20-18)15(2)16-11-8-6-7-9-12-16;1-3-5-6-4-2;1-3-2;1-2;/h14,16H,2,4-13H2,1,3H3;5-6H,3-4H2,1-2H3;3H2,1-2H3;1-2H3;1H4/b;6-5-;;;. The molecule has 0 aromatic rings. The SMILES string of the molecule is C.C=C(C1=COC(C)(CCCCC)O1)C1CCCCCC1.CC.CC/C=C\CC.CCC. The monoisotopic (exact) mass is 452 g/mol. The van der Waals surface area contributed by atoms with Gasteiger partial charge in [-0.3, -0.25) is 0 Å². The molecule has 0 N–H and O–H groups in total. The van der Waals surface area contributed by atoms with E-state index in [-0.39, 0.29) is 7.43 Å². The molecule has 1 aliphatic carbocycles. The second-order valence-corrected chi connectivity index (χ2v) is 8.50. The Kier molecular flexibility index (Phi) is 27.1. The van der Waals surface area contributed by atoms with Crippen LogP contribution in [0.4, 0.5) is 0 Å². The highest BCUT2D eigenvalue weighted by atomic mass is 16.7. The van der Waals surface area contributed by atoms with Gasteiger partial charge in [0, 0.05) is 13.3 Å². The maximum atomic E-state index is 6.09. The van der Waals surface area contributed by atoms with Crippen molar-refractivity contribution < 1.29 is 9.47 Å². The zero-order valence-corrected chi connectivity index (χ0v) is 22.5. The summed E-state index contributed by atoms with van der Waals surface area (Å²) >= 11 is 0. The van der Waals surface area contributed by atoms with E-state index < -0.39 is 5.79 Å². The van der Waals surface area contributed by atoms with Gasteiger partial charge in [-0.15, -0.1) is 0 Å². The quantitative estimate of drug-likeness (QED) is 0.207. The van der Waals surface area contributed by atoms with Crippen LogP contribution in [0.25, 0.3) is 0 Å². The highest BCUT2D eigenvalue weighted by Crippen LogP contribution is 2.38. The Labute approximate surface area is 203 Å². The molecular formula is C30H60O2. The summed E-state index contributed by atoms with van der Waals surface area (Å²) in [6.07, 6.45) is 22.2. The maximum absolute atomic E-state index is 6.09. The Morgan fingerprint density at radius 2 is 1.47 bits per heavy atom. The fourth-order valence-corrected chi connectivity index (χ4v) is 3.57. The van der Waals surface area contributed by atoms with Crippen LogP contribution in [-0.4, -0.2) is 5.79 Å². The summed E-state index contributed by atoms with van der Waals surface area (Å²) in [4.78, 5) is 0. The van der Waals surface area contributed by atoms with E-state index in [9.17, 15) is 0 Å². The number of hydrogen-bond donors (Lipinski definition) is 0. The number of hydrogen-bond acceptors (Lipinski definition) is 2. The predicted molar refractivity (Wildman–Crippen MR) is 147 cm³/mol. The van der Waals surface area contributed by atoms with Gasteiger partial charge in [0.2, 0.25) is 5.79 Å². The highest BCUT2D eigenvalue weighted by molar-refractivity contribution is 5.26. The van der Waals surface area contributed by atoms with Crippen LogP contribution in [-0.2, 0) is 9.47 Å². The maximum Gasteiger partial charge on any atom is 0.248 e. The fraction of sp³-hybridized carbons (Fsp3) is 0.800. The Balaban J connectivity index is -0.000000593. The Morgan fingerprint density at radius 1 is 0.969 bits per heavy atom. The lowest BCUT2D eigenvalue weighted by atomic mass is 9.91. The van der Waals surface area contributed by atoms with E-state index in [0.717, 1.165) is 24.2 Å². The lowest BCUT2D eigenvalue weighted by Crippen LogP contribution is -2.26. The first-order valence-electron chi connectivity index (χ1n) is 13.4. The molecule has 1 aliphatic heterocycles. The van der Waals surface area contributed by atoms with Gasteiger partial charge in [-0.25, -0.2) is 0 Å². The average Bonchev–Trinajstić information content (AvgIpc) is 2.98. The molecule has 0 amide bonds. The van der Waals surface area contributed by atoms with Gasteiger partial charge in [0.05, 0.1) is 0 Å². The second-order valence-electron chi connectivity index (χ2n) is 8.50. The van der Waals surface area contributed by atoms with Gasteiger partial charge in [0.1, 0.15) is 6.26 Å². The first-order chi connectivity index (χ1) is 15.0.